The van der Waals surface area contributed by atoms with E-state index in [2.05, 4.69) is 25.8 Å². The molecular formula is C22H22N8O6S4. The number of aromatic carboxylic acids is 1. The number of fused-ring (bicyclic) bond motifs is 1. The SMILES string of the molecule is Cn1nnnc1SCC1(C(=O)O)CS[C@@H]2C(NC(=O)C(Sc3ccccc3C(=O)O)c3csc(N)n3)C(=O)N2C1. The minimum Gasteiger partial charge on any atom is -0.481 e. The van der Waals surface area contributed by atoms with Gasteiger partial charge >= 0.3 is 11.9 Å². The first kappa shape index (κ1) is 28.2. The second-order valence-electron chi connectivity index (χ2n) is 9.02. The summed E-state index contributed by atoms with van der Waals surface area (Å²) in [5.74, 6) is -2.73. The van der Waals surface area contributed by atoms with Crippen molar-refractivity contribution in [2.45, 2.75) is 26.7 Å². The monoisotopic (exact) mass is 622 g/mol. The fraction of sp³-hybridized carbons (Fsp3) is 0.364. The summed E-state index contributed by atoms with van der Waals surface area (Å²) in [6, 6.07) is 5.42. The number of carbonyl (C=O) groups is 4. The predicted molar refractivity (Wildman–Crippen MR) is 148 cm³/mol. The van der Waals surface area contributed by atoms with E-state index in [1.54, 1.807) is 30.6 Å². The molecule has 4 atom stereocenters. The average Bonchev–Trinajstić information content (AvgIpc) is 3.56. The number of nitrogens with zero attached hydrogens (tertiary/aromatic N) is 6. The maximum Gasteiger partial charge on any atom is 0.336 e. The summed E-state index contributed by atoms with van der Waals surface area (Å²) in [6.07, 6.45) is 0. The van der Waals surface area contributed by atoms with Crippen LogP contribution in [0.5, 0.6) is 0 Å². The van der Waals surface area contributed by atoms with Gasteiger partial charge in [-0.2, -0.15) is 0 Å². The summed E-state index contributed by atoms with van der Waals surface area (Å²) < 4.78 is 1.44. The van der Waals surface area contributed by atoms with Crippen LogP contribution >= 0.6 is 46.6 Å². The number of nitrogens with two attached hydrogens (primary N) is 1. The number of rotatable bonds is 10. The number of carboxylic acid groups (broad SMARTS) is 2. The van der Waals surface area contributed by atoms with Crippen molar-refractivity contribution in [3.8, 4) is 0 Å². The quantitative estimate of drug-likeness (QED) is 0.184. The number of aryl methyl sites for hydroxylation is 1. The zero-order valence-electron chi connectivity index (χ0n) is 20.7. The van der Waals surface area contributed by atoms with Crippen molar-refractivity contribution in [2.75, 3.05) is 23.8 Å². The zero-order valence-corrected chi connectivity index (χ0v) is 23.9. The molecule has 2 aromatic heterocycles. The molecule has 5 N–H and O–H groups in total. The van der Waals surface area contributed by atoms with Gasteiger partial charge in [-0.3, -0.25) is 14.4 Å². The Morgan fingerprint density at radius 2 is 2.08 bits per heavy atom. The molecular weight excluding hydrogens is 601 g/mol. The number of aliphatic carboxylic acids is 1. The molecule has 2 aliphatic heterocycles. The minimum atomic E-state index is -1.22. The molecule has 0 aliphatic carbocycles. The van der Waals surface area contributed by atoms with Crippen LogP contribution < -0.4 is 11.1 Å². The number of hydrogen-bond acceptors (Lipinski definition) is 13. The van der Waals surface area contributed by atoms with E-state index in [0.29, 0.717) is 15.7 Å². The van der Waals surface area contributed by atoms with Gasteiger partial charge in [-0.1, -0.05) is 23.9 Å². The topological polar surface area (TPSA) is 207 Å². The summed E-state index contributed by atoms with van der Waals surface area (Å²) in [6.45, 7) is -0.0176. The van der Waals surface area contributed by atoms with Crippen LogP contribution in [-0.4, -0.2) is 93.5 Å². The van der Waals surface area contributed by atoms with Gasteiger partial charge in [0.05, 0.1) is 11.3 Å². The summed E-state index contributed by atoms with van der Waals surface area (Å²) >= 11 is 4.63. The van der Waals surface area contributed by atoms with Crippen LogP contribution in [0.25, 0.3) is 0 Å². The molecule has 40 heavy (non-hydrogen) atoms. The van der Waals surface area contributed by atoms with Gasteiger partial charge in [-0.05, 0) is 22.6 Å². The van der Waals surface area contributed by atoms with Crippen molar-refractivity contribution in [3.05, 3.63) is 40.9 Å². The third kappa shape index (κ3) is 5.35. The van der Waals surface area contributed by atoms with Crippen LogP contribution in [0.4, 0.5) is 5.13 Å². The zero-order chi connectivity index (χ0) is 28.6. The number of benzene rings is 1. The van der Waals surface area contributed by atoms with Crippen LogP contribution in [0, 0.1) is 5.41 Å². The molecule has 2 fully saturated rings. The van der Waals surface area contributed by atoms with Gasteiger partial charge in [-0.25, -0.2) is 14.5 Å². The number of thioether (sulfide) groups is 3. The highest BCUT2D eigenvalue weighted by molar-refractivity contribution is 8.01. The highest BCUT2D eigenvalue weighted by atomic mass is 32.2. The standard InChI is InChI=1S/C22H22N8O6S4/c1-29-21(26-27-28-29)39-9-22(19(35)36)7-30-16(32)13(17(30)38-8-22)25-15(31)14(11-6-37-20(23)24-11)40-12-5-3-2-4-10(12)18(33)34/h2-6,13-14,17H,7-9H2,1H3,(H2,23,24)(H,25,31)(H,33,34)(H,35,36)/t13?,14?,17-,22?/m1/s1. The fourth-order valence-corrected chi connectivity index (χ4v) is 8.72. The Morgan fingerprint density at radius 1 is 1.30 bits per heavy atom. The Morgan fingerprint density at radius 3 is 2.73 bits per heavy atom. The predicted octanol–water partition coefficient (Wildman–Crippen LogP) is 1.04. The summed E-state index contributed by atoms with van der Waals surface area (Å²) in [7, 11) is 1.65. The van der Waals surface area contributed by atoms with Crippen molar-refractivity contribution in [3.63, 3.8) is 0 Å². The lowest BCUT2D eigenvalue weighted by molar-refractivity contribution is -0.157. The number of anilines is 1. The van der Waals surface area contributed by atoms with Gasteiger partial charge in [0.25, 0.3) is 0 Å². The molecule has 3 aromatic rings. The molecule has 210 valence electrons. The molecule has 0 bridgehead atoms. The lowest BCUT2D eigenvalue weighted by Gasteiger charge is -2.53. The Labute approximate surface area is 243 Å². The van der Waals surface area contributed by atoms with Crippen LogP contribution in [0.2, 0.25) is 0 Å². The molecule has 1 aromatic carbocycles. The van der Waals surface area contributed by atoms with Crippen molar-refractivity contribution in [1.29, 1.82) is 0 Å². The molecule has 2 aliphatic rings. The highest BCUT2D eigenvalue weighted by Crippen LogP contribution is 2.45. The Bertz CT molecular complexity index is 1480. The lowest BCUT2D eigenvalue weighted by Crippen LogP contribution is -2.74. The Kier molecular flexibility index (Phi) is 7.94. The lowest BCUT2D eigenvalue weighted by atomic mass is 9.89. The van der Waals surface area contributed by atoms with E-state index < -0.39 is 45.8 Å². The van der Waals surface area contributed by atoms with Gasteiger partial charge < -0.3 is 26.2 Å². The van der Waals surface area contributed by atoms with Crippen molar-refractivity contribution < 1.29 is 29.4 Å². The second kappa shape index (κ2) is 11.3. The van der Waals surface area contributed by atoms with Crippen LogP contribution in [0.3, 0.4) is 0 Å². The molecule has 3 unspecified atom stereocenters. The number of nitrogen functional groups attached to an aromatic ring is 1. The average molecular weight is 623 g/mol. The highest BCUT2D eigenvalue weighted by Gasteiger charge is 2.57. The van der Waals surface area contributed by atoms with E-state index in [1.165, 1.54) is 39.2 Å². The molecule has 0 spiro atoms. The van der Waals surface area contributed by atoms with E-state index >= 15 is 0 Å². The van der Waals surface area contributed by atoms with Gasteiger partial charge in [0.2, 0.25) is 17.0 Å². The maximum atomic E-state index is 13.5. The number of carbonyl (C=O) groups excluding carboxylic acids is 2. The smallest absolute Gasteiger partial charge is 0.336 e. The van der Waals surface area contributed by atoms with Crippen molar-refractivity contribution >= 4 is 75.5 Å². The van der Waals surface area contributed by atoms with Crippen LogP contribution in [-0.2, 0) is 21.4 Å². The molecule has 2 amide bonds. The van der Waals surface area contributed by atoms with Gasteiger partial charge in [-0.15, -0.1) is 40.0 Å². The van der Waals surface area contributed by atoms with Gasteiger partial charge in [0.15, 0.2) is 5.13 Å². The van der Waals surface area contributed by atoms with Crippen LogP contribution in [0.15, 0.2) is 39.7 Å². The normalized spacial score (nSPS) is 22.7. The maximum absolute atomic E-state index is 13.5. The number of nitrogens with one attached hydrogen (secondary N) is 1. The van der Waals surface area contributed by atoms with Crippen molar-refractivity contribution in [2.24, 2.45) is 12.5 Å². The van der Waals surface area contributed by atoms with E-state index in [1.807, 2.05) is 0 Å². The van der Waals surface area contributed by atoms with E-state index in [4.69, 9.17) is 5.73 Å². The first-order chi connectivity index (χ1) is 19.1. The number of tetrazole rings is 1. The third-order valence-corrected chi connectivity index (χ3v) is 11.2. The summed E-state index contributed by atoms with van der Waals surface area (Å²) in [4.78, 5) is 56.7. The molecule has 14 nitrogen and oxygen atoms in total. The van der Waals surface area contributed by atoms with Crippen LogP contribution in [0.1, 0.15) is 21.3 Å². The third-order valence-electron chi connectivity index (χ3n) is 6.36. The van der Waals surface area contributed by atoms with E-state index in [0.717, 1.165) is 23.1 Å². The van der Waals surface area contributed by atoms with E-state index in [9.17, 15) is 29.4 Å². The fourth-order valence-electron chi connectivity index (χ4n) is 4.22. The largest absolute Gasteiger partial charge is 0.481 e. The molecule has 5 rings (SSSR count). The number of β-lactam (4-membered cyclic amide) rings is 1. The second-order valence-corrected chi connectivity index (χ2v) is 13.1. The minimum absolute atomic E-state index is 0.0176. The molecule has 0 saturated carbocycles. The molecule has 2 saturated heterocycles. The number of thiazole rings is 1. The molecule has 4 heterocycles. The molecule has 18 heteroatoms. The van der Waals surface area contributed by atoms with E-state index in [-0.39, 0.29) is 28.7 Å². The first-order valence-corrected chi connectivity index (χ1v) is 15.4. The van der Waals surface area contributed by atoms with Gasteiger partial charge in [0, 0.05) is 35.4 Å². The molecule has 0 radical (unpaired) electrons. The summed E-state index contributed by atoms with van der Waals surface area (Å²) in [5.41, 5.74) is 4.94. The van der Waals surface area contributed by atoms with Gasteiger partial charge in [0.1, 0.15) is 22.1 Å². The Hall–Kier alpha value is -3.35. The first-order valence-electron chi connectivity index (χ1n) is 11.6. The number of amides is 2. The number of hydrogen-bond donors (Lipinski definition) is 4. The Balaban J connectivity index is 1.30. The summed E-state index contributed by atoms with van der Waals surface area (Å²) in [5, 5.41) is 34.5. The number of aromatic nitrogens is 5. The number of carboxylic acids is 2. The van der Waals surface area contributed by atoms with Crippen molar-refractivity contribution in [1.82, 2.24) is 35.4 Å².